The third-order valence-corrected chi connectivity index (χ3v) is 5.10. The molecule has 0 aromatic heterocycles. The number of ketones is 2. The molecule has 0 saturated carbocycles. The van der Waals surface area contributed by atoms with Crippen molar-refractivity contribution in [3.05, 3.63) is 51.6 Å². The molecule has 0 spiro atoms. The predicted octanol–water partition coefficient (Wildman–Crippen LogP) is 1.82. The van der Waals surface area contributed by atoms with Crippen LogP contribution in [0.2, 0.25) is 0 Å². The van der Waals surface area contributed by atoms with Crippen molar-refractivity contribution in [3.63, 3.8) is 0 Å². The van der Waals surface area contributed by atoms with Gasteiger partial charge in [-0.25, -0.2) is 0 Å². The minimum atomic E-state index is -1.07. The Morgan fingerprint density at radius 2 is 1.56 bits per heavy atom. The van der Waals surface area contributed by atoms with E-state index in [0.29, 0.717) is 12.0 Å². The van der Waals surface area contributed by atoms with E-state index in [1.54, 1.807) is 6.92 Å². The summed E-state index contributed by atoms with van der Waals surface area (Å²) in [5.41, 5.74) is -1.15. The topological polar surface area (TPSA) is 115 Å². The van der Waals surface area contributed by atoms with Gasteiger partial charge in [0.1, 0.15) is 17.2 Å². The van der Waals surface area contributed by atoms with E-state index in [0.717, 1.165) is 0 Å². The van der Waals surface area contributed by atoms with Crippen molar-refractivity contribution in [1.82, 2.24) is 0 Å². The lowest BCUT2D eigenvalue weighted by molar-refractivity contribution is 0.0446. The summed E-state index contributed by atoms with van der Waals surface area (Å²) in [6.07, 6.45) is 0.698. The maximum Gasteiger partial charge on any atom is 0.202 e. The molecular formula is C19H16O6. The van der Waals surface area contributed by atoms with Crippen LogP contribution in [0, 0.1) is 0 Å². The Balaban J connectivity index is 2.05. The van der Waals surface area contributed by atoms with Crippen molar-refractivity contribution in [2.45, 2.75) is 31.8 Å². The molecule has 0 bridgehead atoms. The summed E-state index contributed by atoms with van der Waals surface area (Å²) < 4.78 is 0. The zero-order valence-electron chi connectivity index (χ0n) is 13.5. The average molecular weight is 340 g/mol. The van der Waals surface area contributed by atoms with Crippen LogP contribution in [0.5, 0.6) is 17.2 Å². The molecule has 2 aromatic carbocycles. The molecule has 4 rings (SSSR count). The minimum absolute atomic E-state index is 0.0188. The Labute approximate surface area is 143 Å². The second-order valence-corrected chi connectivity index (χ2v) is 6.94. The van der Waals surface area contributed by atoms with Gasteiger partial charge in [0.2, 0.25) is 5.78 Å². The molecule has 2 aliphatic rings. The molecule has 128 valence electrons. The molecule has 4 N–H and O–H groups in total. The molecule has 0 fully saturated rings. The second kappa shape index (κ2) is 4.83. The fourth-order valence-corrected chi connectivity index (χ4v) is 3.82. The van der Waals surface area contributed by atoms with Gasteiger partial charge in [0, 0.05) is 23.1 Å². The Bertz CT molecular complexity index is 971. The molecule has 1 atom stereocenters. The molecule has 0 unspecified atom stereocenters. The van der Waals surface area contributed by atoms with Gasteiger partial charge in [0.15, 0.2) is 5.78 Å². The molecule has 2 aliphatic carbocycles. The molecule has 0 heterocycles. The third kappa shape index (κ3) is 2.01. The van der Waals surface area contributed by atoms with Crippen LogP contribution in [0.3, 0.4) is 0 Å². The van der Waals surface area contributed by atoms with Crippen LogP contribution < -0.4 is 0 Å². The lowest BCUT2D eigenvalue weighted by Gasteiger charge is -2.33. The van der Waals surface area contributed by atoms with E-state index in [4.69, 9.17) is 0 Å². The van der Waals surface area contributed by atoms with E-state index in [9.17, 15) is 30.0 Å². The zero-order chi connectivity index (χ0) is 18.1. The largest absolute Gasteiger partial charge is 0.507 e. The lowest BCUT2D eigenvalue weighted by atomic mass is 9.74. The van der Waals surface area contributed by atoms with E-state index in [2.05, 4.69) is 0 Å². The van der Waals surface area contributed by atoms with Crippen LogP contribution in [-0.2, 0) is 12.8 Å². The average Bonchev–Trinajstić information content (AvgIpc) is 2.55. The Morgan fingerprint density at radius 3 is 2.28 bits per heavy atom. The van der Waals surface area contributed by atoms with Crippen LogP contribution in [0.25, 0.3) is 0 Å². The quantitative estimate of drug-likeness (QED) is 0.464. The normalized spacial score (nSPS) is 21.5. The molecule has 6 nitrogen and oxygen atoms in total. The van der Waals surface area contributed by atoms with E-state index < -0.39 is 17.2 Å². The van der Waals surface area contributed by atoms with E-state index in [1.807, 2.05) is 0 Å². The fourth-order valence-electron chi connectivity index (χ4n) is 3.82. The van der Waals surface area contributed by atoms with Gasteiger partial charge in [-0.05, 0) is 25.8 Å². The SMILES string of the molecule is C[C@@]1(O)CCc2c(O)c3c(c(O)c2C1)C(=O)c1cccc(O)c1C3=O. The van der Waals surface area contributed by atoms with Gasteiger partial charge in [0.05, 0.1) is 22.3 Å². The smallest absolute Gasteiger partial charge is 0.202 e. The molecular weight excluding hydrogens is 324 g/mol. The Kier molecular flexibility index (Phi) is 3.02. The molecule has 0 radical (unpaired) electrons. The number of hydrogen-bond acceptors (Lipinski definition) is 6. The summed E-state index contributed by atoms with van der Waals surface area (Å²) in [4.78, 5) is 25.7. The molecule has 2 aromatic rings. The number of aliphatic hydroxyl groups is 1. The Morgan fingerprint density at radius 1 is 0.920 bits per heavy atom. The van der Waals surface area contributed by atoms with Gasteiger partial charge in [-0.2, -0.15) is 0 Å². The number of hydrogen-bond donors (Lipinski definition) is 4. The van der Waals surface area contributed by atoms with Crippen LogP contribution in [0.1, 0.15) is 56.3 Å². The first-order valence-electron chi connectivity index (χ1n) is 7.96. The molecule has 25 heavy (non-hydrogen) atoms. The van der Waals surface area contributed by atoms with Gasteiger partial charge in [-0.1, -0.05) is 12.1 Å². The highest BCUT2D eigenvalue weighted by Crippen LogP contribution is 2.47. The van der Waals surface area contributed by atoms with Crippen LogP contribution in [0.4, 0.5) is 0 Å². The molecule has 0 saturated heterocycles. The number of carbonyl (C=O) groups is 2. The van der Waals surface area contributed by atoms with Crippen molar-refractivity contribution in [1.29, 1.82) is 0 Å². The van der Waals surface area contributed by atoms with Gasteiger partial charge < -0.3 is 20.4 Å². The highest BCUT2D eigenvalue weighted by molar-refractivity contribution is 6.31. The van der Waals surface area contributed by atoms with E-state index in [-0.39, 0.29) is 57.9 Å². The van der Waals surface area contributed by atoms with Gasteiger partial charge in [-0.3, -0.25) is 9.59 Å². The summed E-state index contributed by atoms with van der Waals surface area (Å²) in [5.74, 6) is -2.42. The summed E-state index contributed by atoms with van der Waals surface area (Å²) in [6.45, 7) is 1.62. The van der Waals surface area contributed by atoms with Gasteiger partial charge in [0.25, 0.3) is 0 Å². The first kappa shape index (κ1) is 15.7. The maximum absolute atomic E-state index is 12.8. The Hall–Kier alpha value is -2.86. The van der Waals surface area contributed by atoms with Crippen molar-refractivity contribution in [2.24, 2.45) is 0 Å². The van der Waals surface area contributed by atoms with Crippen molar-refractivity contribution >= 4 is 11.6 Å². The van der Waals surface area contributed by atoms with Gasteiger partial charge >= 0.3 is 0 Å². The number of fused-ring (bicyclic) bond motifs is 3. The monoisotopic (exact) mass is 340 g/mol. The number of rotatable bonds is 0. The van der Waals surface area contributed by atoms with Crippen molar-refractivity contribution in [2.75, 3.05) is 0 Å². The van der Waals surface area contributed by atoms with Crippen molar-refractivity contribution < 1.29 is 30.0 Å². The molecule has 0 aliphatic heterocycles. The number of aromatic hydroxyl groups is 3. The van der Waals surface area contributed by atoms with Crippen molar-refractivity contribution in [3.8, 4) is 17.2 Å². The number of phenolic OH excluding ortho intramolecular Hbond substituents is 3. The lowest BCUT2D eigenvalue weighted by Crippen LogP contribution is -2.33. The van der Waals surface area contributed by atoms with Crippen LogP contribution >= 0.6 is 0 Å². The first-order chi connectivity index (χ1) is 11.7. The second-order valence-electron chi connectivity index (χ2n) is 6.94. The van der Waals surface area contributed by atoms with E-state index in [1.165, 1.54) is 18.2 Å². The summed E-state index contributed by atoms with van der Waals surface area (Å²) in [7, 11) is 0. The predicted molar refractivity (Wildman–Crippen MR) is 87.4 cm³/mol. The third-order valence-electron chi connectivity index (χ3n) is 5.10. The highest BCUT2D eigenvalue weighted by atomic mass is 16.3. The van der Waals surface area contributed by atoms with Gasteiger partial charge in [-0.15, -0.1) is 0 Å². The van der Waals surface area contributed by atoms with Crippen LogP contribution in [0.15, 0.2) is 18.2 Å². The molecule has 6 heteroatoms. The number of phenols is 3. The zero-order valence-corrected chi connectivity index (χ0v) is 13.5. The van der Waals surface area contributed by atoms with Crippen LogP contribution in [-0.4, -0.2) is 37.6 Å². The van der Waals surface area contributed by atoms with E-state index >= 15 is 0 Å². The molecule has 0 amide bonds. The fraction of sp³-hybridized carbons (Fsp3) is 0.263. The summed E-state index contributed by atoms with van der Waals surface area (Å²) in [5, 5.41) is 41.6. The summed E-state index contributed by atoms with van der Waals surface area (Å²) in [6, 6.07) is 4.12. The maximum atomic E-state index is 12.8. The number of carbonyl (C=O) groups excluding carboxylic acids is 2. The highest BCUT2D eigenvalue weighted by Gasteiger charge is 2.41. The standard InChI is InChI=1S/C19H16O6/c1-19(25)6-5-8-10(7-19)17(23)13-14(15(8)21)18(24)12-9(16(13)22)3-2-4-11(12)20/h2-4,20-21,23,25H,5-7H2,1H3/t19-/m1/s1. The minimum Gasteiger partial charge on any atom is -0.507 e. The first-order valence-corrected chi connectivity index (χ1v) is 7.96. The number of benzene rings is 2. The summed E-state index contributed by atoms with van der Waals surface area (Å²) >= 11 is 0.